The number of carbonyl (C=O) groups excluding carboxylic acids is 2. The topological polar surface area (TPSA) is 72.8 Å². The Balaban J connectivity index is 2.07. The van der Waals surface area contributed by atoms with Crippen LogP contribution in [0.2, 0.25) is 0 Å². The highest BCUT2D eigenvalue weighted by Gasteiger charge is 2.50. The molecule has 1 N–H and O–H groups in total. The van der Waals surface area contributed by atoms with E-state index in [1.54, 1.807) is 6.92 Å². The van der Waals surface area contributed by atoms with E-state index in [-0.39, 0.29) is 25.2 Å². The maximum Gasteiger partial charge on any atom is 0.317 e. The van der Waals surface area contributed by atoms with Crippen LogP contribution >= 0.6 is 0 Å². The number of ether oxygens (including phenoxy) is 2. The van der Waals surface area contributed by atoms with Crippen LogP contribution in [-0.2, 0) is 19.9 Å². The second-order valence-corrected chi connectivity index (χ2v) is 7.05. The summed E-state index contributed by atoms with van der Waals surface area (Å²) in [5.74, 6) is -1.72. The van der Waals surface area contributed by atoms with Gasteiger partial charge in [-0.3, -0.25) is 9.59 Å². The van der Waals surface area contributed by atoms with E-state index in [9.17, 15) is 14.7 Å². The zero-order valence-electron chi connectivity index (χ0n) is 16.3. The molecule has 2 aromatic carbocycles. The van der Waals surface area contributed by atoms with Crippen molar-refractivity contribution in [2.45, 2.75) is 38.2 Å². The first-order valence-corrected chi connectivity index (χ1v) is 9.69. The van der Waals surface area contributed by atoms with Gasteiger partial charge in [-0.25, -0.2) is 0 Å². The molecule has 0 aliphatic heterocycles. The standard InChI is InChI=1S/C23H26O5/c1-3-27-20-13-9-8-12-17(20)18-14-23(26,16-10-6-5-7-11-16)15-19(24)21(18)22(25)28-4-2/h5-13,18,21,26H,3-4,14-15H2,1-2H3. The normalized spacial score (nSPS) is 24.6. The average Bonchev–Trinajstić information content (AvgIpc) is 2.69. The second-order valence-electron chi connectivity index (χ2n) is 7.05. The molecule has 3 rings (SSSR count). The molecule has 1 aliphatic carbocycles. The maximum absolute atomic E-state index is 13.1. The molecule has 0 heterocycles. The lowest BCUT2D eigenvalue weighted by Gasteiger charge is -2.40. The minimum absolute atomic E-state index is 0.117. The quantitative estimate of drug-likeness (QED) is 0.610. The summed E-state index contributed by atoms with van der Waals surface area (Å²) in [7, 11) is 0. The first-order valence-electron chi connectivity index (χ1n) is 9.69. The lowest BCUT2D eigenvalue weighted by molar-refractivity contribution is -0.158. The summed E-state index contributed by atoms with van der Waals surface area (Å²) in [4.78, 5) is 25.7. The minimum atomic E-state index is -1.34. The van der Waals surface area contributed by atoms with Gasteiger partial charge in [-0.05, 0) is 37.5 Å². The number of esters is 1. The fourth-order valence-corrected chi connectivity index (χ4v) is 4.04. The van der Waals surface area contributed by atoms with Gasteiger partial charge >= 0.3 is 5.97 Å². The van der Waals surface area contributed by atoms with Gasteiger partial charge in [0.05, 0.1) is 18.8 Å². The van der Waals surface area contributed by atoms with Crippen LogP contribution in [0.4, 0.5) is 0 Å². The van der Waals surface area contributed by atoms with Crippen molar-refractivity contribution in [1.29, 1.82) is 0 Å². The summed E-state index contributed by atoms with van der Waals surface area (Å²) in [6.07, 6.45) is 0.115. The summed E-state index contributed by atoms with van der Waals surface area (Å²) in [6.45, 7) is 4.26. The molecule has 5 nitrogen and oxygen atoms in total. The maximum atomic E-state index is 13.1. The molecule has 0 bridgehead atoms. The smallest absolute Gasteiger partial charge is 0.317 e. The Morgan fingerprint density at radius 3 is 2.43 bits per heavy atom. The molecule has 0 amide bonds. The van der Waals surface area contributed by atoms with E-state index in [0.717, 1.165) is 5.56 Å². The van der Waals surface area contributed by atoms with Crippen molar-refractivity contribution in [1.82, 2.24) is 0 Å². The van der Waals surface area contributed by atoms with Crippen LogP contribution in [0.25, 0.3) is 0 Å². The van der Waals surface area contributed by atoms with E-state index in [0.29, 0.717) is 17.9 Å². The van der Waals surface area contributed by atoms with Gasteiger partial charge in [0.2, 0.25) is 0 Å². The largest absolute Gasteiger partial charge is 0.494 e. The summed E-state index contributed by atoms with van der Waals surface area (Å²) in [5, 5.41) is 11.4. The summed E-state index contributed by atoms with van der Waals surface area (Å²) in [6, 6.07) is 16.5. The fraction of sp³-hybridized carbons (Fsp3) is 0.391. The van der Waals surface area contributed by atoms with Crippen molar-refractivity contribution in [2.24, 2.45) is 5.92 Å². The molecule has 148 valence electrons. The Bertz CT molecular complexity index is 832. The molecule has 0 saturated heterocycles. The van der Waals surface area contributed by atoms with Gasteiger partial charge in [0, 0.05) is 12.3 Å². The monoisotopic (exact) mass is 382 g/mol. The number of Topliss-reactive ketones (excluding diaryl/α,β-unsaturated/α-hetero) is 1. The predicted molar refractivity (Wildman–Crippen MR) is 105 cm³/mol. The Morgan fingerprint density at radius 1 is 1.07 bits per heavy atom. The fourth-order valence-electron chi connectivity index (χ4n) is 4.04. The van der Waals surface area contributed by atoms with Gasteiger partial charge in [-0.15, -0.1) is 0 Å². The number of hydrogen-bond donors (Lipinski definition) is 1. The number of benzene rings is 2. The molecule has 2 aromatic rings. The molecule has 1 aliphatic rings. The third-order valence-electron chi connectivity index (χ3n) is 5.24. The van der Waals surface area contributed by atoms with Crippen molar-refractivity contribution in [3.05, 3.63) is 65.7 Å². The first kappa shape index (κ1) is 20.1. The Hall–Kier alpha value is -2.66. The number of aliphatic hydroxyl groups is 1. The molecule has 0 radical (unpaired) electrons. The van der Waals surface area contributed by atoms with E-state index in [4.69, 9.17) is 9.47 Å². The summed E-state index contributed by atoms with van der Waals surface area (Å²) < 4.78 is 10.9. The Morgan fingerprint density at radius 2 is 1.75 bits per heavy atom. The lowest BCUT2D eigenvalue weighted by atomic mass is 9.66. The van der Waals surface area contributed by atoms with Crippen LogP contribution in [0.5, 0.6) is 5.75 Å². The van der Waals surface area contributed by atoms with Gasteiger partial charge < -0.3 is 14.6 Å². The van der Waals surface area contributed by atoms with Crippen molar-refractivity contribution in [3.63, 3.8) is 0 Å². The molecular weight excluding hydrogens is 356 g/mol. The van der Waals surface area contributed by atoms with Crippen LogP contribution in [-0.4, -0.2) is 30.1 Å². The molecule has 5 heteroatoms. The van der Waals surface area contributed by atoms with E-state index in [2.05, 4.69) is 0 Å². The zero-order valence-corrected chi connectivity index (χ0v) is 16.3. The third-order valence-corrected chi connectivity index (χ3v) is 5.24. The van der Waals surface area contributed by atoms with Gasteiger partial charge in [-0.2, -0.15) is 0 Å². The molecule has 3 unspecified atom stereocenters. The van der Waals surface area contributed by atoms with E-state index in [1.807, 2.05) is 61.5 Å². The number of hydrogen-bond acceptors (Lipinski definition) is 5. The number of ketones is 1. The molecule has 28 heavy (non-hydrogen) atoms. The van der Waals surface area contributed by atoms with Crippen LogP contribution < -0.4 is 4.74 Å². The Kier molecular flexibility index (Phi) is 6.15. The van der Waals surface area contributed by atoms with Gasteiger partial charge in [-0.1, -0.05) is 48.5 Å². The predicted octanol–water partition coefficient (Wildman–Crippen LogP) is 3.60. The lowest BCUT2D eigenvalue weighted by Crippen LogP contribution is -2.45. The van der Waals surface area contributed by atoms with E-state index < -0.39 is 23.4 Å². The van der Waals surface area contributed by atoms with E-state index >= 15 is 0 Å². The summed E-state index contributed by atoms with van der Waals surface area (Å²) in [5.41, 5.74) is 0.0695. The first-order chi connectivity index (χ1) is 13.5. The number of carbonyl (C=O) groups is 2. The third kappa shape index (κ3) is 3.94. The average molecular weight is 382 g/mol. The Labute approximate surface area is 165 Å². The van der Waals surface area contributed by atoms with Gasteiger partial charge in [0.15, 0.2) is 5.78 Å². The highest BCUT2D eigenvalue weighted by Crippen LogP contribution is 2.48. The molecule has 0 spiro atoms. The van der Waals surface area contributed by atoms with Crippen molar-refractivity contribution >= 4 is 11.8 Å². The molecule has 0 aromatic heterocycles. The molecule has 1 saturated carbocycles. The van der Waals surface area contributed by atoms with Gasteiger partial charge in [0.25, 0.3) is 0 Å². The highest BCUT2D eigenvalue weighted by molar-refractivity contribution is 6.01. The van der Waals surface area contributed by atoms with Crippen LogP contribution in [0.1, 0.15) is 43.7 Å². The highest BCUT2D eigenvalue weighted by atomic mass is 16.5. The zero-order chi connectivity index (χ0) is 20.1. The van der Waals surface area contributed by atoms with Crippen molar-refractivity contribution < 1.29 is 24.2 Å². The molecular formula is C23H26O5. The summed E-state index contributed by atoms with van der Waals surface area (Å²) >= 11 is 0. The second kappa shape index (κ2) is 8.57. The van der Waals surface area contributed by atoms with E-state index in [1.165, 1.54) is 0 Å². The molecule has 3 atom stereocenters. The van der Waals surface area contributed by atoms with Crippen LogP contribution in [0.3, 0.4) is 0 Å². The van der Waals surface area contributed by atoms with Crippen LogP contribution in [0.15, 0.2) is 54.6 Å². The van der Waals surface area contributed by atoms with Crippen molar-refractivity contribution in [2.75, 3.05) is 13.2 Å². The number of para-hydroxylation sites is 1. The molecule has 1 fully saturated rings. The van der Waals surface area contributed by atoms with Gasteiger partial charge in [0.1, 0.15) is 11.7 Å². The number of rotatable bonds is 6. The van der Waals surface area contributed by atoms with Crippen molar-refractivity contribution in [3.8, 4) is 5.75 Å². The van der Waals surface area contributed by atoms with Crippen LogP contribution in [0, 0.1) is 5.92 Å². The SMILES string of the molecule is CCOC(=O)C1C(=O)CC(O)(c2ccccc2)CC1c1ccccc1OCC. The minimum Gasteiger partial charge on any atom is -0.494 e.